The van der Waals surface area contributed by atoms with Gasteiger partial charge in [-0.1, -0.05) is 19.9 Å². The Bertz CT molecular complexity index is 839. The third-order valence-corrected chi connectivity index (χ3v) is 5.01. The van der Waals surface area contributed by atoms with E-state index in [2.05, 4.69) is 19.2 Å². The third-order valence-electron chi connectivity index (χ3n) is 5.01. The number of nitrogens with zero attached hydrogens (tertiary/aromatic N) is 1. The van der Waals surface area contributed by atoms with Crippen molar-refractivity contribution in [2.75, 3.05) is 18.4 Å². The van der Waals surface area contributed by atoms with Crippen LogP contribution < -0.4 is 11.1 Å². The minimum Gasteiger partial charge on any atom is -0.467 e. The Labute approximate surface area is 171 Å². The maximum atomic E-state index is 12.9. The summed E-state index contributed by atoms with van der Waals surface area (Å²) in [4.78, 5) is 27.3. The molecule has 6 nitrogen and oxygen atoms in total. The molecule has 2 heterocycles. The summed E-state index contributed by atoms with van der Waals surface area (Å²) in [5.74, 6) is 1.28. The summed E-state index contributed by atoms with van der Waals surface area (Å²) in [6, 6.07) is 7.06. The molecule has 1 saturated heterocycles. The molecule has 2 atom stereocenters. The first-order valence-electron chi connectivity index (χ1n) is 9.36. The van der Waals surface area contributed by atoms with E-state index in [4.69, 9.17) is 10.2 Å². The first-order valence-corrected chi connectivity index (χ1v) is 9.36. The second-order valence-corrected chi connectivity index (χ2v) is 7.65. The third kappa shape index (κ3) is 4.94. The molecule has 3 rings (SSSR count). The number of carbonyl (C=O) groups is 2. The van der Waals surface area contributed by atoms with Crippen molar-refractivity contribution in [3.05, 3.63) is 53.0 Å². The van der Waals surface area contributed by atoms with Crippen LogP contribution in [0.3, 0.4) is 0 Å². The van der Waals surface area contributed by atoms with Gasteiger partial charge in [0.2, 0.25) is 0 Å². The number of amides is 2. The average Bonchev–Trinajstić information content (AvgIpc) is 3.11. The van der Waals surface area contributed by atoms with Gasteiger partial charge >= 0.3 is 0 Å². The lowest BCUT2D eigenvalue weighted by Gasteiger charge is -2.35. The predicted molar refractivity (Wildman–Crippen MR) is 112 cm³/mol. The maximum absolute atomic E-state index is 12.9. The normalized spacial score (nSPS) is 19.1. The van der Waals surface area contributed by atoms with Crippen molar-refractivity contribution in [3.63, 3.8) is 0 Å². The molecule has 0 saturated carbocycles. The van der Waals surface area contributed by atoms with Gasteiger partial charge in [-0.3, -0.25) is 9.59 Å². The van der Waals surface area contributed by atoms with Crippen molar-refractivity contribution in [2.24, 2.45) is 17.6 Å². The van der Waals surface area contributed by atoms with Gasteiger partial charge in [0.1, 0.15) is 12.0 Å². The average molecular weight is 406 g/mol. The smallest absolute Gasteiger partial charge is 0.258 e. The summed E-state index contributed by atoms with van der Waals surface area (Å²) in [6.45, 7) is 8.04. The molecule has 1 fully saturated rings. The number of hydrogen-bond donors (Lipinski definition) is 2. The standard InChI is InChI=1S/C21H27N3O3.ClH/c1-13-6-14(2)11-24(10-13)21(26)16-5-4-15(3)19(8-16)23-20(25)17-7-18(9-22)27-12-17;/h4-5,7-8,12-14H,6,9-11,22H2,1-3H3,(H,23,25);1H. The highest BCUT2D eigenvalue weighted by atomic mass is 35.5. The van der Waals surface area contributed by atoms with Gasteiger partial charge in [0.15, 0.2) is 0 Å². The molecule has 0 aliphatic carbocycles. The minimum absolute atomic E-state index is 0. The highest BCUT2D eigenvalue weighted by molar-refractivity contribution is 6.05. The molecule has 2 unspecified atom stereocenters. The van der Waals surface area contributed by atoms with Crippen molar-refractivity contribution in [1.29, 1.82) is 0 Å². The number of anilines is 1. The summed E-state index contributed by atoms with van der Waals surface area (Å²) in [6.07, 6.45) is 2.53. The Morgan fingerprint density at radius 3 is 2.46 bits per heavy atom. The lowest BCUT2D eigenvalue weighted by molar-refractivity contribution is 0.0623. The number of halogens is 1. The summed E-state index contributed by atoms with van der Waals surface area (Å²) >= 11 is 0. The lowest BCUT2D eigenvalue weighted by atomic mass is 9.91. The van der Waals surface area contributed by atoms with E-state index < -0.39 is 0 Å². The molecule has 0 bridgehead atoms. The van der Waals surface area contributed by atoms with Gasteiger partial charge in [-0.25, -0.2) is 0 Å². The Morgan fingerprint density at radius 2 is 1.86 bits per heavy atom. The van der Waals surface area contributed by atoms with Gasteiger partial charge in [0.25, 0.3) is 11.8 Å². The summed E-state index contributed by atoms with van der Waals surface area (Å²) < 4.78 is 5.22. The Morgan fingerprint density at radius 1 is 1.18 bits per heavy atom. The number of likely N-dealkylation sites (tertiary alicyclic amines) is 1. The van der Waals surface area contributed by atoms with E-state index in [0.717, 1.165) is 25.1 Å². The molecule has 3 N–H and O–H groups in total. The van der Waals surface area contributed by atoms with Crippen LogP contribution in [0.1, 0.15) is 52.3 Å². The van der Waals surface area contributed by atoms with E-state index in [1.807, 2.05) is 24.0 Å². The Balaban J connectivity index is 0.00000280. The van der Waals surface area contributed by atoms with Gasteiger partial charge in [-0.05, 0) is 48.9 Å². The fourth-order valence-corrected chi connectivity index (χ4v) is 3.70. The van der Waals surface area contributed by atoms with Gasteiger partial charge in [0.05, 0.1) is 12.1 Å². The van der Waals surface area contributed by atoms with Gasteiger partial charge < -0.3 is 20.4 Å². The second-order valence-electron chi connectivity index (χ2n) is 7.65. The minimum atomic E-state index is -0.286. The first kappa shape index (κ1) is 22.0. The summed E-state index contributed by atoms with van der Waals surface area (Å²) in [5.41, 5.74) is 8.03. The first-order chi connectivity index (χ1) is 12.9. The van der Waals surface area contributed by atoms with E-state index in [1.54, 1.807) is 12.1 Å². The fourth-order valence-electron chi connectivity index (χ4n) is 3.70. The lowest BCUT2D eigenvalue weighted by Crippen LogP contribution is -2.42. The molecule has 0 spiro atoms. The van der Waals surface area contributed by atoms with Crippen LogP contribution in [-0.4, -0.2) is 29.8 Å². The van der Waals surface area contributed by atoms with Crippen LogP contribution in [0.5, 0.6) is 0 Å². The number of piperidine rings is 1. The van der Waals surface area contributed by atoms with Crippen LogP contribution >= 0.6 is 12.4 Å². The van der Waals surface area contributed by atoms with E-state index >= 15 is 0 Å². The van der Waals surface area contributed by atoms with Crippen LogP contribution in [0, 0.1) is 18.8 Å². The van der Waals surface area contributed by atoms with Gasteiger partial charge in [-0.15, -0.1) is 12.4 Å². The van der Waals surface area contributed by atoms with Crippen LogP contribution in [0.2, 0.25) is 0 Å². The van der Waals surface area contributed by atoms with E-state index in [0.29, 0.717) is 34.4 Å². The van der Waals surface area contributed by atoms with Crippen molar-refractivity contribution < 1.29 is 14.0 Å². The van der Waals surface area contributed by atoms with Crippen LogP contribution in [-0.2, 0) is 6.54 Å². The molecule has 2 amide bonds. The molecule has 1 aliphatic heterocycles. The molecular formula is C21H28ClN3O3. The molecule has 0 radical (unpaired) electrons. The fraction of sp³-hybridized carbons (Fsp3) is 0.429. The molecule has 1 aliphatic rings. The topological polar surface area (TPSA) is 88.6 Å². The van der Waals surface area contributed by atoms with Gasteiger partial charge in [-0.2, -0.15) is 0 Å². The van der Waals surface area contributed by atoms with Crippen LogP contribution in [0.4, 0.5) is 5.69 Å². The molecule has 1 aromatic heterocycles. The number of hydrogen-bond acceptors (Lipinski definition) is 4. The molecule has 7 heteroatoms. The highest BCUT2D eigenvalue weighted by Crippen LogP contribution is 2.24. The summed E-state index contributed by atoms with van der Waals surface area (Å²) in [7, 11) is 0. The monoisotopic (exact) mass is 405 g/mol. The van der Waals surface area contributed by atoms with Crippen molar-refractivity contribution in [2.45, 2.75) is 33.7 Å². The Kier molecular flexibility index (Phi) is 7.27. The summed E-state index contributed by atoms with van der Waals surface area (Å²) in [5, 5.41) is 2.87. The van der Waals surface area contributed by atoms with E-state index in [1.165, 1.54) is 6.26 Å². The number of nitrogens with one attached hydrogen (secondary N) is 1. The number of benzene rings is 1. The molecule has 28 heavy (non-hydrogen) atoms. The largest absolute Gasteiger partial charge is 0.467 e. The van der Waals surface area contributed by atoms with E-state index in [9.17, 15) is 9.59 Å². The van der Waals surface area contributed by atoms with Crippen molar-refractivity contribution >= 4 is 29.9 Å². The highest BCUT2D eigenvalue weighted by Gasteiger charge is 2.26. The van der Waals surface area contributed by atoms with Crippen LogP contribution in [0.15, 0.2) is 34.9 Å². The zero-order valence-corrected chi connectivity index (χ0v) is 17.3. The van der Waals surface area contributed by atoms with Crippen molar-refractivity contribution in [1.82, 2.24) is 4.90 Å². The number of nitrogens with two attached hydrogens (primary N) is 1. The second kappa shape index (κ2) is 9.26. The molecule has 152 valence electrons. The van der Waals surface area contributed by atoms with E-state index in [-0.39, 0.29) is 30.8 Å². The molecular weight excluding hydrogens is 378 g/mol. The zero-order chi connectivity index (χ0) is 19.6. The molecule has 1 aromatic carbocycles. The maximum Gasteiger partial charge on any atom is 0.258 e. The Hall–Kier alpha value is -2.31. The quantitative estimate of drug-likeness (QED) is 0.808. The van der Waals surface area contributed by atoms with Crippen LogP contribution in [0.25, 0.3) is 0 Å². The molecule has 2 aromatic rings. The zero-order valence-electron chi connectivity index (χ0n) is 16.5. The number of carbonyl (C=O) groups excluding carboxylic acids is 2. The van der Waals surface area contributed by atoms with Crippen molar-refractivity contribution in [3.8, 4) is 0 Å². The number of rotatable bonds is 4. The number of aryl methyl sites for hydroxylation is 1. The predicted octanol–water partition coefficient (Wildman–Crippen LogP) is 3.84. The van der Waals surface area contributed by atoms with Gasteiger partial charge in [0, 0.05) is 24.3 Å². The SMILES string of the molecule is Cc1ccc(C(=O)N2CC(C)CC(C)C2)cc1NC(=O)c1coc(CN)c1.Cl. The number of furan rings is 1.